The molecule has 130 valence electrons. The fourth-order valence-corrected chi connectivity index (χ4v) is 2.31. The molecule has 0 saturated carbocycles. The predicted molar refractivity (Wildman–Crippen MR) is 97.5 cm³/mol. The van der Waals surface area contributed by atoms with Crippen LogP contribution >= 0.6 is 11.6 Å². The van der Waals surface area contributed by atoms with E-state index in [0.717, 1.165) is 5.56 Å². The van der Waals surface area contributed by atoms with Gasteiger partial charge in [-0.3, -0.25) is 14.6 Å². The molecule has 1 aromatic carbocycles. The van der Waals surface area contributed by atoms with Crippen LogP contribution in [-0.4, -0.2) is 29.1 Å². The van der Waals surface area contributed by atoms with Crippen molar-refractivity contribution in [1.29, 1.82) is 0 Å². The molecule has 1 atom stereocenters. The monoisotopic (exact) mass is 358 g/mol. The minimum Gasteiger partial charge on any atom is -0.340 e. The van der Waals surface area contributed by atoms with Gasteiger partial charge in [0.2, 0.25) is 0 Å². The molecule has 1 aromatic heterocycles. The Morgan fingerprint density at radius 3 is 2.48 bits per heavy atom. The van der Waals surface area contributed by atoms with Crippen molar-refractivity contribution in [2.24, 2.45) is 11.0 Å². The average molecular weight is 359 g/mol. The van der Waals surface area contributed by atoms with Crippen LogP contribution in [0.4, 0.5) is 0 Å². The number of carbonyl (C=O) groups is 2. The normalized spacial score (nSPS) is 12.2. The first-order chi connectivity index (χ1) is 12.0. The summed E-state index contributed by atoms with van der Waals surface area (Å²) in [6.45, 7) is 3.67. The van der Waals surface area contributed by atoms with E-state index in [1.54, 1.807) is 48.8 Å². The number of rotatable bonds is 6. The van der Waals surface area contributed by atoms with E-state index in [9.17, 15) is 9.59 Å². The first-order valence-electron chi connectivity index (χ1n) is 7.77. The summed E-state index contributed by atoms with van der Waals surface area (Å²) in [5.41, 5.74) is 3.57. The second kappa shape index (κ2) is 8.94. The van der Waals surface area contributed by atoms with Gasteiger partial charge in [-0.25, -0.2) is 5.43 Å². The molecule has 2 rings (SSSR count). The lowest BCUT2D eigenvalue weighted by atomic mass is 10.0. The molecule has 0 radical (unpaired) electrons. The maximum absolute atomic E-state index is 12.4. The molecular formula is C18H19ClN4O2. The zero-order valence-corrected chi connectivity index (χ0v) is 14.7. The van der Waals surface area contributed by atoms with Gasteiger partial charge >= 0.3 is 0 Å². The van der Waals surface area contributed by atoms with E-state index in [-0.39, 0.29) is 5.92 Å². The van der Waals surface area contributed by atoms with Crippen molar-refractivity contribution in [3.05, 3.63) is 64.9 Å². The molecular weight excluding hydrogens is 340 g/mol. The number of pyridine rings is 1. The van der Waals surface area contributed by atoms with Gasteiger partial charge < -0.3 is 5.32 Å². The van der Waals surface area contributed by atoms with Crippen LogP contribution in [0.3, 0.4) is 0 Å². The highest BCUT2D eigenvalue weighted by molar-refractivity contribution is 6.33. The number of aromatic nitrogens is 1. The maximum Gasteiger partial charge on any atom is 0.262 e. The predicted octanol–water partition coefficient (Wildman–Crippen LogP) is 2.64. The van der Waals surface area contributed by atoms with Crippen molar-refractivity contribution in [3.63, 3.8) is 0 Å². The van der Waals surface area contributed by atoms with Crippen LogP contribution in [-0.2, 0) is 4.79 Å². The molecule has 1 unspecified atom stereocenters. The molecule has 0 aliphatic carbocycles. The van der Waals surface area contributed by atoms with Crippen LogP contribution in [0.5, 0.6) is 0 Å². The number of nitrogens with one attached hydrogen (secondary N) is 2. The fourth-order valence-electron chi connectivity index (χ4n) is 2.09. The molecule has 0 bridgehead atoms. The van der Waals surface area contributed by atoms with Crippen molar-refractivity contribution in [1.82, 2.24) is 15.7 Å². The van der Waals surface area contributed by atoms with E-state index in [0.29, 0.717) is 10.6 Å². The SMILES string of the molecule is CC(C)C(NC(=O)c1ccccc1Cl)C(=O)NN=Cc1ccncc1. The minimum atomic E-state index is -0.738. The number of hydrogen-bond donors (Lipinski definition) is 2. The first kappa shape index (κ1) is 18.6. The number of hydrogen-bond acceptors (Lipinski definition) is 4. The molecule has 6 nitrogen and oxygen atoms in total. The van der Waals surface area contributed by atoms with Crippen molar-refractivity contribution in [3.8, 4) is 0 Å². The van der Waals surface area contributed by atoms with E-state index < -0.39 is 17.9 Å². The number of benzene rings is 1. The van der Waals surface area contributed by atoms with Crippen molar-refractivity contribution in [2.75, 3.05) is 0 Å². The molecule has 0 spiro atoms. The summed E-state index contributed by atoms with van der Waals surface area (Å²) < 4.78 is 0. The van der Waals surface area contributed by atoms with Crippen molar-refractivity contribution in [2.45, 2.75) is 19.9 Å². The zero-order valence-electron chi connectivity index (χ0n) is 13.9. The van der Waals surface area contributed by atoms with Crippen LogP contribution in [0.1, 0.15) is 29.8 Å². The summed E-state index contributed by atoms with van der Waals surface area (Å²) in [5, 5.41) is 6.95. The molecule has 0 fully saturated rings. The summed E-state index contributed by atoms with van der Waals surface area (Å²) in [4.78, 5) is 28.6. The molecule has 0 aliphatic heterocycles. The highest BCUT2D eigenvalue weighted by Crippen LogP contribution is 2.15. The quantitative estimate of drug-likeness (QED) is 0.615. The van der Waals surface area contributed by atoms with Crippen LogP contribution in [0.25, 0.3) is 0 Å². The first-order valence-corrected chi connectivity index (χ1v) is 8.15. The number of hydrazone groups is 1. The Bertz CT molecular complexity index is 763. The molecule has 0 aliphatic rings. The third kappa shape index (κ3) is 5.39. The van der Waals surface area contributed by atoms with Crippen LogP contribution in [0, 0.1) is 5.92 Å². The lowest BCUT2D eigenvalue weighted by Crippen LogP contribution is -2.48. The van der Waals surface area contributed by atoms with Crippen LogP contribution in [0.2, 0.25) is 5.02 Å². The summed E-state index contributed by atoms with van der Waals surface area (Å²) >= 11 is 6.02. The largest absolute Gasteiger partial charge is 0.340 e. The van der Waals surface area contributed by atoms with Gasteiger partial charge in [-0.2, -0.15) is 5.10 Å². The molecule has 25 heavy (non-hydrogen) atoms. The van der Waals surface area contributed by atoms with Gasteiger partial charge in [0.1, 0.15) is 6.04 Å². The third-order valence-corrected chi connectivity index (χ3v) is 3.78. The van der Waals surface area contributed by atoms with Crippen molar-refractivity contribution >= 4 is 29.6 Å². The lowest BCUT2D eigenvalue weighted by Gasteiger charge is -2.20. The summed E-state index contributed by atoms with van der Waals surface area (Å²) in [5.74, 6) is -0.930. The number of nitrogens with zero attached hydrogens (tertiary/aromatic N) is 2. The fraction of sp³-hybridized carbons (Fsp3) is 0.222. The second-order valence-corrected chi connectivity index (χ2v) is 6.10. The van der Waals surface area contributed by atoms with E-state index in [4.69, 9.17) is 11.6 Å². The Hall–Kier alpha value is -2.73. The average Bonchev–Trinajstić information content (AvgIpc) is 2.60. The van der Waals surface area contributed by atoms with Crippen LogP contribution < -0.4 is 10.7 Å². The van der Waals surface area contributed by atoms with Gasteiger partial charge in [-0.05, 0) is 35.7 Å². The van der Waals surface area contributed by atoms with E-state index in [1.165, 1.54) is 6.21 Å². The van der Waals surface area contributed by atoms with Gasteiger partial charge in [0.15, 0.2) is 0 Å². The smallest absolute Gasteiger partial charge is 0.262 e. The Morgan fingerprint density at radius 2 is 1.84 bits per heavy atom. The molecule has 1 heterocycles. The van der Waals surface area contributed by atoms with E-state index in [1.807, 2.05) is 13.8 Å². The number of halogens is 1. The lowest BCUT2D eigenvalue weighted by molar-refractivity contribution is -0.123. The third-order valence-electron chi connectivity index (χ3n) is 3.45. The van der Waals surface area contributed by atoms with Gasteiger partial charge in [0, 0.05) is 12.4 Å². The van der Waals surface area contributed by atoms with Crippen LogP contribution in [0.15, 0.2) is 53.9 Å². The molecule has 2 amide bonds. The summed E-state index contributed by atoms with van der Waals surface area (Å²) in [6, 6.07) is 9.46. The second-order valence-electron chi connectivity index (χ2n) is 5.69. The maximum atomic E-state index is 12.4. The topological polar surface area (TPSA) is 83.5 Å². The molecule has 0 saturated heterocycles. The summed E-state index contributed by atoms with van der Waals surface area (Å²) in [6.07, 6.45) is 4.76. The van der Waals surface area contributed by atoms with E-state index >= 15 is 0 Å². The number of amides is 2. The van der Waals surface area contributed by atoms with Crippen molar-refractivity contribution < 1.29 is 9.59 Å². The van der Waals surface area contributed by atoms with Gasteiger partial charge in [0.25, 0.3) is 11.8 Å². The highest BCUT2D eigenvalue weighted by atomic mass is 35.5. The van der Waals surface area contributed by atoms with Gasteiger partial charge in [-0.15, -0.1) is 0 Å². The Morgan fingerprint density at radius 1 is 1.16 bits per heavy atom. The standard InChI is InChI=1S/C18H19ClN4O2/c1-12(2)16(22-17(24)14-5-3-4-6-15(14)19)18(25)23-21-11-13-7-9-20-10-8-13/h3-12,16H,1-2H3,(H,22,24)(H,23,25). The van der Waals surface area contributed by atoms with Gasteiger partial charge in [-0.1, -0.05) is 37.6 Å². The Balaban J connectivity index is 2.02. The Kier molecular flexibility index (Phi) is 6.65. The summed E-state index contributed by atoms with van der Waals surface area (Å²) in [7, 11) is 0. The minimum absolute atomic E-state index is 0.123. The van der Waals surface area contributed by atoms with E-state index in [2.05, 4.69) is 20.8 Å². The molecule has 7 heteroatoms. The zero-order chi connectivity index (χ0) is 18.2. The molecule has 2 aromatic rings. The Labute approximate surface area is 151 Å². The molecule has 2 N–H and O–H groups in total. The van der Waals surface area contributed by atoms with Gasteiger partial charge in [0.05, 0.1) is 16.8 Å². The highest BCUT2D eigenvalue weighted by Gasteiger charge is 2.25. The number of carbonyl (C=O) groups excluding carboxylic acids is 2.